The van der Waals surface area contributed by atoms with Crippen LogP contribution in [0, 0.1) is 100 Å². The fourth-order valence-electron chi connectivity index (χ4n) is 11.8. The Hall–Kier alpha value is -9.14. The molecule has 0 N–H and O–H groups in total. The van der Waals surface area contributed by atoms with Gasteiger partial charge in [0.1, 0.15) is 105 Å². The van der Waals surface area contributed by atoms with Crippen LogP contribution in [-0.2, 0) is 0 Å². The van der Waals surface area contributed by atoms with E-state index in [1.807, 2.05) is 0 Å². The predicted octanol–water partition coefficient (Wildman–Crippen LogP) is 11.0. The summed E-state index contributed by atoms with van der Waals surface area (Å²) in [6.07, 6.45) is -0.0376. The summed E-state index contributed by atoms with van der Waals surface area (Å²) in [7, 11) is 0. The Morgan fingerprint density at radius 2 is 0.330 bits per heavy atom. The topological polar surface area (TPSA) is 0 Å². The van der Waals surface area contributed by atoms with Crippen LogP contribution in [0.5, 0.6) is 0 Å². The van der Waals surface area contributed by atoms with Crippen LogP contribution in [0.3, 0.4) is 0 Å². The molecule has 0 fully saturated rings. The molecule has 0 aliphatic heterocycles. The van der Waals surface area contributed by atoms with Gasteiger partial charge in [-0.3, -0.25) is 0 Å². The van der Waals surface area contributed by atoms with Crippen LogP contribution in [0.4, 0.5) is 70.2 Å². The van der Waals surface area contributed by atoms with Gasteiger partial charge >= 0.3 is 50.8 Å². The summed E-state index contributed by atoms with van der Waals surface area (Å²) in [6, 6.07) is 33.5. The molecular formula is C77H54B2F16INa. The first kappa shape index (κ1) is 76.9. The van der Waals surface area contributed by atoms with Crippen LogP contribution in [0.25, 0.3) is 48.6 Å². The summed E-state index contributed by atoms with van der Waals surface area (Å²) in [5, 5.41) is 0. The van der Waals surface area contributed by atoms with E-state index in [0.717, 1.165) is 146 Å². The number of rotatable bonds is 18. The summed E-state index contributed by atoms with van der Waals surface area (Å²) in [5.74, 6) is -19.2. The van der Waals surface area contributed by atoms with Crippen molar-refractivity contribution in [2.45, 2.75) is 7.43 Å². The van der Waals surface area contributed by atoms with Crippen LogP contribution in [0.2, 0.25) is 0 Å². The fraction of sp³-hybridized carbons (Fsp3) is 0.0130. The van der Waals surface area contributed by atoms with Crippen molar-refractivity contribution in [1.29, 1.82) is 0 Å². The molecule has 0 amide bonds. The molecule has 0 aliphatic rings. The maximum atomic E-state index is 15.2. The molecule has 0 bridgehead atoms. The molecular weight excluding hydrogens is 1400 g/mol. The van der Waals surface area contributed by atoms with E-state index in [0.29, 0.717) is 0 Å². The van der Waals surface area contributed by atoms with E-state index in [4.69, 9.17) is 0 Å². The Morgan fingerprint density at radius 1 is 0.216 bits per heavy atom. The largest absolute Gasteiger partial charge is 1.00 e. The third kappa shape index (κ3) is 15.2. The van der Waals surface area contributed by atoms with Crippen molar-refractivity contribution < 1.29 is 121 Å². The SMILES string of the molecule is C.C=Cc1c(F)cc([B-](c2cc(F)c(C=C)c(F)c2)(c2cc(F)c(C=C)c(F)c2)c2cc(F)c(C=C)c(F)c2)cc1F.C=Cc1c(F)cc([B-](c2cc(F)c(C=C)c(F)c2)(c2cc(F)c(C=C)c(F)c2)c2cc(F)c(C=C)c(F)c2)cc1F.[Na+].c1ccc([I+]c2ccccc2)cc1. The molecule has 97 heavy (non-hydrogen) atoms. The molecule has 0 saturated heterocycles. The molecule has 0 saturated carbocycles. The van der Waals surface area contributed by atoms with E-state index >= 15 is 70.2 Å². The van der Waals surface area contributed by atoms with Crippen molar-refractivity contribution in [1.82, 2.24) is 0 Å². The zero-order chi connectivity index (χ0) is 69.4. The monoisotopic (exact) mass is 1450 g/mol. The van der Waals surface area contributed by atoms with Crippen LogP contribution in [0.15, 0.2) is 210 Å². The molecule has 10 rings (SSSR count). The Morgan fingerprint density at radius 3 is 0.433 bits per heavy atom. The molecule has 0 heterocycles. The summed E-state index contributed by atoms with van der Waals surface area (Å²) in [6.45, 7) is 26.8. The van der Waals surface area contributed by atoms with Gasteiger partial charge < -0.3 is 0 Å². The third-order valence-corrected chi connectivity index (χ3v) is 18.8. The molecule has 0 aliphatic carbocycles. The maximum Gasteiger partial charge on any atom is 1.00 e. The van der Waals surface area contributed by atoms with Gasteiger partial charge in [0.25, 0.3) is 0 Å². The van der Waals surface area contributed by atoms with Gasteiger partial charge in [-0.25, -0.2) is 70.2 Å². The third-order valence-electron chi connectivity index (χ3n) is 16.1. The summed E-state index contributed by atoms with van der Waals surface area (Å²) < 4.78 is 247. The van der Waals surface area contributed by atoms with E-state index in [1.54, 1.807) is 0 Å². The van der Waals surface area contributed by atoms with Crippen LogP contribution < -0.4 is 94.5 Å². The average Bonchev–Trinajstić information content (AvgIpc) is 3.52. The Kier molecular flexibility index (Phi) is 25.9. The summed E-state index contributed by atoms with van der Waals surface area (Å²) >= 11 is 0.0287. The van der Waals surface area contributed by atoms with Gasteiger partial charge in [-0.2, -0.15) is 43.7 Å². The Labute approximate surface area is 583 Å². The van der Waals surface area contributed by atoms with Crippen molar-refractivity contribution in [2.24, 2.45) is 0 Å². The second-order valence-electron chi connectivity index (χ2n) is 21.2. The maximum absolute atomic E-state index is 15.2. The van der Waals surface area contributed by atoms with Crippen molar-refractivity contribution in [3.8, 4) is 0 Å². The number of benzene rings is 10. The van der Waals surface area contributed by atoms with Gasteiger partial charge in [0.2, 0.25) is 0 Å². The average molecular weight is 1450 g/mol. The van der Waals surface area contributed by atoms with Gasteiger partial charge in [0.15, 0.2) is 7.14 Å². The minimum Gasteiger partial charge on any atom is -0.206 e. The van der Waals surface area contributed by atoms with Crippen molar-refractivity contribution in [3.63, 3.8) is 0 Å². The quantitative estimate of drug-likeness (QED) is 0.0456. The standard InChI is InChI=1S/2C32H20BF8.C12H10I.CH4.Na/c2*1-5-21-25(34)9-17(10-26(21)35)33(18-11-27(36)22(6-2)28(37)12-18,19-13-29(38)23(7-3)30(39)14-19)20-15-31(40)24(8-4)32(41)16-20;1-3-7-11(8-4-1)13-12-9-5-2-6-10-12;;/h2*5-16H,1-4H2;1-10H;1H4;/q2*-1;+1;;+1. The van der Waals surface area contributed by atoms with Gasteiger partial charge in [0.05, 0.1) is 0 Å². The van der Waals surface area contributed by atoms with E-state index < -0.39 is 194 Å². The molecule has 0 nitrogen and oxygen atoms in total. The molecule has 20 heteroatoms. The molecule has 488 valence electrons. The number of halogens is 17. The van der Waals surface area contributed by atoms with E-state index in [1.165, 1.54) is 7.14 Å². The Balaban J connectivity index is 0.000000253. The van der Waals surface area contributed by atoms with E-state index in [2.05, 4.69) is 113 Å². The van der Waals surface area contributed by atoms with E-state index in [9.17, 15) is 0 Å². The molecule has 0 radical (unpaired) electrons. The zero-order valence-corrected chi connectivity index (χ0v) is 55.0. The summed E-state index contributed by atoms with van der Waals surface area (Å²) in [5.41, 5.74) is -8.09. The number of hydrogen-bond acceptors (Lipinski definition) is 0. The summed E-state index contributed by atoms with van der Waals surface area (Å²) in [4.78, 5) is 0. The van der Waals surface area contributed by atoms with Gasteiger partial charge in [0, 0.05) is 44.5 Å². The smallest absolute Gasteiger partial charge is 0.206 e. The first-order chi connectivity index (χ1) is 45.3. The zero-order valence-electron chi connectivity index (χ0n) is 50.9. The Bertz CT molecular complexity index is 3730. The van der Waals surface area contributed by atoms with Crippen molar-refractivity contribution in [3.05, 3.63) is 355 Å². The van der Waals surface area contributed by atoms with Gasteiger partial charge in [-0.1, -0.05) is 242 Å². The fourth-order valence-corrected chi connectivity index (χ4v) is 14.1. The second-order valence-corrected chi connectivity index (χ2v) is 24.3. The molecule has 10 aromatic rings. The normalized spacial score (nSPS) is 10.9. The molecule has 10 aromatic carbocycles. The molecule has 0 unspecified atom stereocenters. The molecule has 0 spiro atoms. The first-order valence-electron chi connectivity index (χ1n) is 28.3. The van der Waals surface area contributed by atoms with Crippen molar-refractivity contribution in [2.75, 3.05) is 0 Å². The van der Waals surface area contributed by atoms with Gasteiger partial charge in [-0.05, 0) is 24.3 Å². The van der Waals surface area contributed by atoms with Crippen LogP contribution >= 0.6 is 0 Å². The van der Waals surface area contributed by atoms with Crippen LogP contribution in [-0.4, -0.2) is 12.3 Å². The molecule has 0 atom stereocenters. The van der Waals surface area contributed by atoms with E-state index in [-0.39, 0.29) is 58.2 Å². The number of hydrogen-bond donors (Lipinski definition) is 0. The second kappa shape index (κ2) is 32.7. The minimum absolute atomic E-state index is 0. The van der Waals surface area contributed by atoms with Crippen LogP contribution in [0.1, 0.15) is 51.9 Å². The molecule has 0 aromatic heterocycles. The van der Waals surface area contributed by atoms with Gasteiger partial charge in [-0.15, -0.1) is 0 Å². The predicted molar refractivity (Wildman–Crippen MR) is 357 cm³/mol. The van der Waals surface area contributed by atoms with Crippen molar-refractivity contribution >= 4 is 105 Å². The minimum atomic E-state index is -3.51. The first-order valence-corrected chi connectivity index (χ1v) is 30.5.